The van der Waals surface area contributed by atoms with E-state index in [1.165, 1.54) is 24.3 Å². The van der Waals surface area contributed by atoms with Crippen molar-refractivity contribution in [1.29, 1.82) is 0 Å². The monoisotopic (exact) mass is 297 g/mol. The summed E-state index contributed by atoms with van der Waals surface area (Å²) in [5.74, 6) is -1.91. The summed E-state index contributed by atoms with van der Waals surface area (Å²) in [7, 11) is 0. The summed E-state index contributed by atoms with van der Waals surface area (Å²) < 4.78 is 26.7. The molecule has 0 radical (unpaired) electrons. The van der Waals surface area contributed by atoms with E-state index in [2.05, 4.69) is 0 Å². The zero-order chi connectivity index (χ0) is 14.7. The van der Waals surface area contributed by atoms with Gasteiger partial charge >= 0.3 is 0 Å². The van der Waals surface area contributed by atoms with Crippen molar-refractivity contribution in [2.75, 3.05) is 0 Å². The Kier molecular flexibility index (Phi) is 4.29. The molecule has 0 bridgehead atoms. The SMILES string of the molecule is O=[N+]([O-])c1ccc(CC(Cl)c2cccc(F)c2F)cc1. The normalized spacial score (nSPS) is 12.2. The third-order valence-electron chi connectivity index (χ3n) is 2.88. The number of benzene rings is 2. The Bertz CT molecular complexity index is 632. The van der Waals surface area contributed by atoms with Gasteiger partial charge in [0.25, 0.3) is 5.69 Å². The molecule has 2 rings (SSSR count). The van der Waals surface area contributed by atoms with Gasteiger partial charge in [-0.2, -0.15) is 0 Å². The molecule has 0 aliphatic carbocycles. The fourth-order valence-electron chi connectivity index (χ4n) is 1.83. The second kappa shape index (κ2) is 5.96. The average molecular weight is 298 g/mol. The minimum Gasteiger partial charge on any atom is -0.258 e. The molecular formula is C14H10ClF2NO2. The molecule has 0 aliphatic heterocycles. The Balaban J connectivity index is 2.17. The fraction of sp³-hybridized carbons (Fsp3) is 0.143. The Morgan fingerprint density at radius 2 is 1.80 bits per heavy atom. The molecule has 3 nitrogen and oxygen atoms in total. The highest BCUT2D eigenvalue weighted by Gasteiger charge is 2.16. The molecule has 0 N–H and O–H groups in total. The Labute approximate surface area is 119 Å². The average Bonchev–Trinajstić information content (AvgIpc) is 2.42. The van der Waals surface area contributed by atoms with E-state index < -0.39 is 21.9 Å². The van der Waals surface area contributed by atoms with E-state index in [4.69, 9.17) is 11.6 Å². The molecule has 0 saturated carbocycles. The van der Waals surface area contributed by atoms with Crippen LogP contribution in [0.1, 0.15) is 16.5 Å². The van der Waals surface area contributed by atoms with Crippen LogP contribution in [-0.2, 0) is 6.42 Å². The second-order valence-corrected chi connectivity index (χ2v) is 4.77. The molecule has 0 amide bonds. The first-order chi connectivity index (χ1) is 9.49. The van der Waals surface area contributed by atoms with Crippen molar-refractivity contribution in [3.8, 4) is 0 Å². The third kappa shape index (κ3) is 3.11. The maximum Gasteiger partial charge on any atom is 0.269 e. The van der Waals surface area contributed by atoms with Gasteiger partial charge in [-0.25, -0.2) is 8.78 Å². The zero-order valence-corrected chi connectivity index (χ0v) is 11.0. The van der Waals surface area contributed by atoms with Gasteiger partial charge in [0.05, 0.1) is 10.3 Å². The topological polar surface area (TPSA) is 43.1 Å². The number of non-ortho nitro benzene ring substituents is 1. The summed E-state index contributed by atoms with van der Waals surface area (Å²) in [5.41, 5.74) is 0.751. The zero-order valence-electron chi connectivity index (χ0n) is 10.2. The smallest absolute Gasteiger partial charge is 0.258 e. The summed E-state index contributed by atoms with van der Waals surface area (Å²) >= 11 is 6.08. The van der Waals surface area contributed by atoms with Crippen LogP contribution < -0.4 is 0 Å². The summed E-state index contributed by atoms with van der Waals surface area (Å²) in [4.78, 5) is 10.0. The van der Waals surface area contributed by atoms with Crippen molar-refractivity contribution in [3.63, 3.8) is 0 Å². The van der Waals surface area contributed by atoms with Crippen LogP contribution >= 0.6 is 11.6 Å². The van der Waals surface area contributed by atoms with Crippen LogP contribution in [0.2, 0.25) is 0 Å². The molecule has 0 aromatic heterocycles. The molecule has 2 aromatic rings. The highest BCUT2D eigenvalue weighted by Crippen LogP contribution is 2.28. The molecule has 0 spiro atoms. The van der Waals surface area contributed by atoms with Crippen molar-refractivity contribution in [2.24, 2.45) is 0 Å². The summed E-state index contributed by atoms with van der Waals surface area (Å²) in [6.07, 6.45) is 0.250. The molecule has 2 aromatic carbocycles. The Morgan fingerprint density at radius 1 is 1.15 bits per heavy atom. The third-order valence-corrected chi connectivity index (χ3v) is 3.27. The van der Waals surface area contributed by atoms with Gasteiger partial charge in [0, 0.05) is 17.7 Å². The van der Waals surface area contributed by atoms with Crippen molar-refractivity contribution in [1.82, 2.24) is 0 Å². The number of nitro benzene ring substituents is 1. The summed E-state index contributed by atoms with van der Waals surface area (Å²) in [6.45, 7) is 0. The number of nitrogens with zero attached hydrogens (tertiary/aromatic N) is 1. The first-order valence-corrected chi connectivity index (χ1v) is 6.24. The predicted molar refractivity (Wildman–Crippen MR) is 71.8 cm³/mol. The molecule has 104 valence electrons. The van der Waals surface area contributed by atoms with E-state index in [9.17, 15) is 18.9 Å². The van der Waals surface area contributed by atoms with Gasteiger partial charge in [0.1, 0.15) is 0 Å². The number of halogens is 3. The van der Waals surface area contributed by atoms with Crippen LogP contribution in [0.4, 0.5) is 14.5 Å². The lowest BCUT2D eigenvalue weighted by molar-refractivity contribution is -0.384. The quantitative estimate of drug-likeness (QED) is 0.477. The van der Waals surface area contributed by atoms with Gasteiger partial charge < -0.3 is 0 Å². The van der Waals surface area contributed by atoms with Gasteiger partial charge in [-0.1, -0.05) is 24.3 Å². The van der Waals surface area contributed by atoms with Crippen LogP contribution in [0.3, 0.4) is 0 Å². The van der Waals surface area contributed by atoms with Crippen LogP contribution in [0, 0.1) is 21.7 Å². The Hall–Kier alpha value is -2.01. The lowest BCUT2D eigenvalue weighted by Gasteiger charge is -2.11. The minimum absolute atomic E-state index is 0.0307. The molecule has 0 saturated heterocycles. The molecule has 20 heavy (non-hydrogen) atoms. The summed E-state index contributed by atoms with van der Waals surface area (Å²) in [6, 6.07) is 9.62. The highest BCUT2D eigenvalue weighted by atomic mass is 35.5. The number of hydrogen-bond acceptors (Lipinski definition) is 2. The standard InChI is InChI=1S/C14H10ClF2NO2/c15-12(11-2-1-3-13(16)14(11)17)8-9-4-6-10(7-5-9)18(19)20/h1-7,12H,8H2. The first kappa shape index (κ1) is 14.4. The van der Waals surface area contributed by atoms with Crippen LogP contribution in [-0.4, -0.2) is 4.92 Å². The van der Waals surface area contributed by atoms with Gasteiger partial charge in [-0.05, 0) is 18.1 Å². The van der Waals surface area contributed by atoms with Gasteiger partial charge in [0.15, 0.2) is 11.6 Å². The predicted octanol–water partition coefficient (Wildman–Crippen LogP) is 4.40. The van der Waals surface area contributed by atoms with Gasteiger partial charge in [0.2, 0.25) is 0 Å². The van der Waals surface area contributed by atoms with E-state index in [0.29, 0.717) is 5.56 Å². The van der Waals surface area contributed by atoms with E-state index >= 15 is 0 Å². The van der Waals surface area contributed by atoms with Gasteiger partial charge in [-0.15, -0.1) is 11.6 Å². The Morgan fingerprint density at radius 3 is 2.40 bits per heavy atom. The molecule has 0 aliphatic rings. The van der Waals surface area contributed by atoms with E-state index in [1.807, 2.05) is 0 Å². The lowest BCUT2D eigenvalue weighted by Crippen LogP contribution is -2.01. The van der Waals surface area contributed by atoms with E-state index in [-0.39, 0.29) is 17.7 Å². The molecule has 1 atom stereocenters. The molecule has 1 unspecified atom stereocenters. The number of rotatable bonds is 4. The number of nitro groups is 1. The molecule has 6 heteroatoms. The molecular weight excluding hydrogens is 288 g/mol. The number of alkyl halides is 1. The maximum absolute atomic E-state index is 13.6. The van der Waals surface area contributed by atoms with E-state index in [1.54, 1.807) is 12.1 Å². The van der Waals surface area contributed by atoms with Crippen molar-refractivity contribution >= 4 is 17.3 Å². The summed E-state index contributed by atoms with van der Waals surface area (Å²) in [5, 5.41) is 9.78. The highest BCUT2D eigenvalue weighted by molar-refractivity contribution is 6.20. The van der Waals surface area contributed by atoms with Crippen molar-refractivity contribution in [2.45, 2.75) is 11.8 Å². The molecule has 0 heterocycles. The van der Waals surface area contributed by atoms with Crippen molar-refractivity contribution in [3.05, 3.63) is 75.3 Å². The maximum atomic E-state index is 13.6. The van der Waals surface area contributed by atoms with Crippen molar-refractivity contribution < 1.29 is 13.7 Å². The first-order valence-electron chi connectivity index (χ1n) is 5.80. The number of hydrogen-bond donors (Lipinski definition) is 0. The van der Waals surface area contributed by atoms with Crippen LogP contribution in [0.15, 0.2) is 42.5 Å². The van der Waals surface area contributed by atoms with Crippen LogP contribution in [0.5, 0.6) is 0 Å². The van der Waals surface area contributed by atoms with Gasteiger partial charge in [-0.3, -0.25) is 10.1 Å². The molecule has 0 fully saturated rings. The largest absolute Gasteiger partial charge is 0.269 e. The lowest BCUT2D eigenvalue weighted by atomic mass is 10.0. The van der Waals surface area contributed by atoms with Crippen LogP contribution in [0.25, 0.3) is 0 Å². The van der Waals surface area contributed by atoms with E-state index in [0.717, 1.165) is 6.07 Å². The fourth-order valence-corrected chi connectivity index (χ4v) is 2.18. The minimum atomic E-state index is -0.964. The second-order valence-electron chi connectivity index (χ2n) is 4.24.